The van der Waals surface area contributed by atoms with Crippen LogP contribution in [-0.2, 0) is 10.2 Å². The molecule has 1 aliphatic rings. The third kappa shape index (κ3) is 3.28. The van der Waals surface area contributed by atoms with E-state index in [1.807, 2.05) is 24.3 Å². The summed E-state index contributed by atoms with van der Waals surface area (Å²) in [6, 6.07) is 10.9. The topological polar surface area (TPSA) is 62.5 Å². The summed E-state index contributed by atoms with van der Waals surface area (Å²) < 4.78 is 5.16. The summed E-state index contributed by atoms with van der Waals surface area (Å²) in [4.78, 5) is 12.8. The largest absolute Gasteiger partial charge is 0.467 e. The van der Waals surface area contributed by atoms with Gasteiger partial charge in [0.2, 0.25) is 5.91 Å². The monoisotopic (exact) mass is 333 g/mol. The Morgan fingerprint density at radius 2 is 1.96 bits per heavy atom. The summed E-state index contributed by atoms with van der Waals surface area (Å²) in [6.45, 7) is 0.141. The van der Waals surface area contributed by atoms with Crippen molar-refractivity contribution in [2.75, 3.05) is 6.54 Å². The maximum Gasteiger partial charge on any atom is 0.230 e. The number of benzene rings is 1. The third-order valence-corrected chi connectivity index (χ3v) is 4.87. The van der Waals surface area contributed by atoms with Gasteiger partial charge in [0.15, 0.2) is 0 Å². The van der Waals surface area contributed by atoms with Crippen molar-refractivity contribution in [3.05, 3.63) is 59.0 Å². The minimum Gasteiger partial charge on any atom is -0.467 e. The second-order valence-corrected chi connectivity index (χ2v) is 6.47. The number of nitrogens with one attached hydrogen (secondary N) is 1. The van der Waals surface area contributed by atoms with Gasteiger partial charge in [-0.3, -0.25) is 4.79 Å². The Hall–Kier alpha value is -1.78. The highest BCUT2D eigenvalue weighted by Gasteiger charge is 2.42. The number of aliphatic hydroxyl groups is 1. The Kier molecular flexibility index (Phi) is 4.74. The molecule has 0 saturated heterocycles. The van der Waals surface area contributed by atoms with Crippen LogP contribution in [0.4, 0.5) is 0 Å². The van der Waals surface area contributed by atoms with Gasteiger partial charge >= 0.3 is 0 Å². The second kappa shape index (κ2) is 6.77. The normalized spacial score (nSPS) is 17.8. The minimum absolute atomic E-state index is 0.0390. The average molecular weight is 334 g/mol. The van der Waals surface area contributed by atoms with E-state index in [4.69, 9.17) is 16.0 Å². The van der Waals surface area contributed by atoms with Gasteiger partial charge in [-0.15, -0.1) is 0 Å². The first kappa shape index (κ1) is 16.1. The van der Waals surface area contributed by atoms with Crippen molar-refractivity contribution in [3.8, 4) is 0 Å². The molecule has 3 rings (SSSR count). The lowest BCUT2D eigenvalue weighted by Crippen LogP contribution is -2.44. The summed E-state index contributed by atoms with van der Waals surface area (Å²) >= 11 is 5.96. The fraction of sp³-hybridized carbons (Fsp3) is 0.389. The van der Waals surface area contributed by atoms with Crippen LogP contribution < -0.4 is 5.32 Å². The lowest BCUT2D eigenvalue weighted by molar-refractivity contribution is -0.127. The van der Waals surface area contributed by atoms with Gasteiger partial charge in [-0.2, -0.15) is 0 Å². The number of rotatable bonds is 5. The van der Waals surface area contributed by atoms with Crippen molar-refractivity contribution in [1.29, 1.82) is 0 Å². The lowest BCUT2D eigenvalue weighted by atomic mass is 9.78. The number of hydrogen-bond acceptors (Lipinski definition) is 3. The van der Waals surface area contributed by atoms with Crippen LogP contribution in [0, 0.1) is 0 Å². The second-order valence-electron chi connectivity index (χ2n) is 6.04. The van der Waals surface area contributed by atoms with Crippen molar-refractivity contribution in [1.82, 2.24) is 5.32 Å². The third-order valence-electron chi connectivity index (χ3n) is 4.62. The van der Waals surface area contributed by atoms with Crippen molar-refractivity contribution < 1.29 is 14.3 Å². The lowest BCUT2D eigenvalue weighted by Gasteiger charge is -2.28. The van der Waals surface area contributed by atoms with E-state index < -0.39 is 11.5 Å². The van der Waals surface area contributed by atoms with Crippen molar-refractivity contribution >= 4 is 17.5 Å². The van der Waals surface area contributed by atoms with Crippen LogP contribution in [0.2, 0.25) is 5.02 Å². The molecule has 2 N–H and O–H groups in total. The van der Waals surface area contributed by atoms with E-state index in [-0.39, 0.29) is 12.5 Å². The summed E-state index contributed by atoms with van der Waals surface area (Å²) in [7, 11) is 0. The van der Waals surface area contributed by atoms with Crippen LogP contribution in [0.15, 0.2) is 47.1 Å². The molecule has 122 valence electrons. The molecule has 0 bridgehead atoms. The quantitative estimate of drug-likeness (QED) is 0.878. The molecule has 1 amide bonds. The van der Waals surface area contributed by atoms with Crippen molar-refractivity contribution in [2.45, 2.75) is 37.2 Å². The molecule has 1 saturated carbocycles. The SMILES string of the molecule is O=C(NCC(O)c1ccco1)C1(c2ccc(Cl)cc2)CCCC1. The molecule has 1 aromatic carbocycles. The molecule has 0 radical (unpaired) electrons. The molecule has 5 heteroatoms. The number of carbonyl (C=O) groups is 1. The average Bonchev–Trinajstić information content (AvgIpc) is 3.25. The molecule has 1 heterocycles. The van der Waals surface area contributed by atoms with Crippen LogP contribution in [0.1, 0.15) is 43.1 Å². The molecule has 1 aromatic heterocycles. The maximum atomic E-state index is 12.8. The van der Waals surface area contributed by atoms with E-state index >= 15 is 0 Å². The fourth-order valence-electron chi connectivity index (χ4n) is 3.33. The van der Waals surface area contributed by atoms with Crippen LogP contribution in [-0.4, -0.2) is 17.6 Å². The molecule has 4 nitrogen and oxygen atoms in total. The summed E-state index contributed by atoms with van der Waals surface area (Å²) in [5.41, 5.74) is 0.470. The fourth-order valence-corrected chi connectivity index (χ4v) is 3.46. The van der Waals surface area contributed by atoms with E-state index in [1.54, 1.807) is 12.1 Å². The number of amides is 1. The Labute approximate surface area is 140 Å². The van der Waals surface area contributed by atoms with Crippen LogP contribution in [0.25, 0.3) is 0 Å². The molecular weight excluding hydrogens is 314 g/mol. The highest BCUT2D eigenvalue weighted by molar-refractivity contribution is 6.30. The number of aliphatic hydroxyl groups excluding tert-OH is 1. The predicted molar refractivity (Wildman–Crippen MR) is 88.3 cm³/mol. The van der Waals surface area contributed by atoms with Gasteiger partial charge in [0.1, 0.15) is 11.9 Å². The summed E-state index contributed by atoms with van der Waals surface area (Å²) in [6.07, 6.45) is 4.35. The Morgan fingerprint density at radius 3 is 2.57 bits per heavy atom. The molecule has 0 aliphatic heterocycles. The number of furan rings is 1. The Balaban J connectivity index is 1.73. The zero-order valence-electron chi connectivity index (χ0n) is 12.8. The van der Waals surface area contributed by atoms with Gasteiger partial charge in [0.25, 0.3) is 0 Å². The predicted octanol–water partition coefficient (Wildman–Crippen LogP) is 3.59. The molecule has 23 heavy (non-hydrogen) atoms. The van der Waals surface area contributed by atoms with Crippen LogP contribution in [0.3, 0.4) is 0 Å². The zero-order valence-corrected chi connectivity index (χ0v) is 13.6. The Morgan fingerprint density at radius 1 is 1.26 bits per heavy atom. The standard InChI is InChI=1S/C18H20ClNO3/c19-14-7-5-13(6-8-14)18(9-1-2-10-18)17(22)20-12-15(21)16-4-3-11-23-16/h3-8,11,15,21H,1-2,9-10,12H2,(H,20,22). The van der Waals surface area contributed by atoms with Gasteiger partial charge < -0.3 is 14.8 Å². The minimum atomic E-state index is -0.836. The van der Waals surface area contributed by atoms with Gasteiger partial charge in [-0.05, 0) is 42.7 Å². The molecule has 1 atom stereocenters. The zero-order chi connectivity index (χ0) is 16.3. The highest BCUT2D eigenvalue weighted by atomic mass is 35.5. The van der Waals surface area contributed by atoms with Crippen LogP contribution >= 0.6 is 11.6 Å². The van der Waals surface area contributed by atoms with Gasteiger partial charge in [-0.1, -0.05) is 36.6 Å². The maximum absolute atomic E-state index is 12.8. The van der Waals surface area contributed by atoms with E-state index in [9.17, 15) is 9.90 Å². The molecular formula is C18H20ClNO3. The summed E-state index contributed by atoms with van der Waals surface area (Å²) in [5.74, 6) is 0.417. The van der Waals surface area contributed by atoms with Crippen molar-refractivity contribution in [2.24, 2.45) is 0 Å². The molecule has 0 spiro atoms. The number of halogens is 1. The van der Waals surface area contributed by atoms with Crippen molar-refractivity contribution in [3.63, 3.8) is 0 Å². The Bertz CT molecular complexity index is 645. The van der Waals surface area contributed by atoms with E-state index in [0.717, 1.165) is 31.2 Å². The number of hydrogen-bond donors (Lipinski definition) is 2. The summed E-state index contributed by atoms with van der Waals surface area (Å²) in [5, 5.41) is 13.6. The first-order valence-corrected chi connectivity index (χ1v) is 8.25. The van der Waals surface area contributed by atoms with E-state index in [0.29, 0.717) is 10.8 Å². The molecule has 1 unspecified atom stereocenters. The first-order valence-electron chi connectivity index (χ1n) is 7.88. The van der Waals surface area contributed by atoms with Gasteiger partial charge in [-0.25, -0.2) is 0 Å². The molecule has 1 aliphatic carbocycles. The van der Waals surface area contributed by atoms with E-state index in [2.05, 4.69) is 5.32 Å². The first-order chi connectivity index (χ1) is 11.1. The van der Waals surface area contributed by atoms with Gasteiger partial charge in [0, 0.05) is 5.02 Å². The molecule has 2 aromatic rings. The van der Waals surface area contributed by atoms with Gasteiger partial charge in [0.05, 0.1) is 18.2 Å². The smallest absolute Gasteiger partial charge is 0.230 e. The highest BCUT2D eigenvalue weighted by Crippen LogP contribution is 2.41. The van der Waals surface area contributed by atoms with E-state index in [1.165, 1.54) is 6.26 Å². The molecule has 1 fully saturated rings. The number of carbonyl (C=O) groups excluding carboxylic acids is 1. The van der Waals surface area contributed by atoms with Crippen LogP contribution in [0.5, 0.6) is 0 Å².